The first kappa shape index (κ1) is 18.5. The number of amides is 1. The van der Waals surface area contributed by atoms with Crippen molar-refractivity contribution in [2.45, 2.75) is 33.1 Å². The Morgan fingerprint density at radius 2 is 2.05 bits per heavy atom. The van der Waals surface area contributed by atoms with Crippen LogP contribution in [0.5, 0.6) is 0 Å². The van der Waals surface area contributed by atoms with Crippen LogP contribution < -0.4 is 11.1 Å². The van der Waals surface area contributed by atoms with E-state index in [-0.39, 0.29) is 5.91 Å². The van der Waals surface area contributed by atoms with Crippen LogP contribution in [0.2, 0.25) is 10.0 Å². The average Bonchev–Trinajstić information content (AvgIpc) is 2.37. The number of carbonyl (C=O) groups excluding carboxylic acids is 1. The van der Waals surface area contributed by atoms with Gasteiger partial charge in [0.05, 0.1) is 16.4 Å². The first-order valence-corrected chi connectivity index (χ1v) is 8.93. The number of nitrogens with one attached hydrogen (secondary N) is 1. The second kappa shape index (κ2) is 9.44. The van der Waals surface area contributed by atoms with Crippen LogP contribution in [0, 0.1) is 5.92 Å². The van der Waals surface area contributed by atoms with E-state index in [1.54, 1.807) is 12.1 Å². The number of nitrogens with two attached hydrogens (primary N) is 1. The number of thioether (sulfide) groups is 1. The molecule has 0 fully saturated rings. The van der Waals surface area contributed by atoms with Crippen LogP contribution in [0.4, 0.5) is 11.4 Å². The van der Waals surface area contributed by atoms with Crippen LogP contribution in [0.15, 0.2) is 12.1 Å². The molecule has 1 rings (SSSR count). The van der Waals surface area contributed by atoms with Gasteiger partial charge in [-0.3, -0.25) is 4.79 Å². The molecule has 0 aromatic heterocycles. The lowest BCUT2D eigenvalue weighted by molar-refractivity contribution is -0.116. The lowest BCUT2D eigenvalue weighted by atomic mass is 10.2. The van der Waals surface area contributed by atoms with E-state index >= 15 is 0 Å². The van der Waals surface area contributed by atoms with Crippen molar-refractivity contribution in [3.63, 3.8) is 0 Å². The minimum atomic E-state index is -0.0737. The summed E-state index contributed by atoms with van der Waals surface area (Å²) in [7, 11) is 0. The Morgan fingerprint density at radius 1 is 1.33 bits per heavy atom. The van der Waals surface area contributed by atoms with Gasteiger partial charge in [0.1, 0.15) is 0 Å². The zero-order valence-corrected chi connectivity index (χ0v) is 14.7. The van der Waals surface area contributed by atoms with Gasteiger partial charge in [0, 0.05) is 11.4 Å². The van der Waals surface area contributed by atoms with Gasteiger partial charge in [0.2, 0.25) is 5.91 Å². The minimum absolute atomic E-state index is 0.0737. The fourth-order valence-electron chi connectivity index (χ4n) is 1.68. The molecule has 1 aromatic rings. The molecular weight excluding hydrogens is 327 g/mol. The highest BCUT2D eigenvalue weighted by Gasteiger charge is 2.10. The molecule has 0 saturated carbocycles. The van der Waals surface area contributed by atoms with Gasteiger partial charge in [-0.15, -0.1) is 0 Å². The van der Waals surface area contributed by atoms with Crippen molar-refractivity contribution in [1.82, 2.24) is 0 Å². The summed E-state index contributed by atoms with van der Waals surface area (Å²) in [4.78, 5) is 11.9. The molecule has 0 heterocycles. The van der Waals surface area contributed by atoms with E-state index in [1.165, 1.54) is 6.42 Å². The van der Waals surface area contributed by atoms with E-state index in [9.17, 15) is 4.79 Å². The predicted octanol–water partition coefficient (Wildman–Crippen LogP) is 5.07. The highest BCUT2D eigenvalue weighted by Crippen LogP contribution is 2.32. The number of anilines is 2. The Hall–Kier alpha value is -0.580. The number of nitrogen functional groups attached to an aromatic ring is 1. The number of rotatable bonds is 8. The second-order valence-corrected chi connectivity index (χ2v) is 7.37. The van der Waals surface area contributed by atoms with E-state index in [1.807, 2.05) is 11.8 Å². The topological polar surface area (TPSA) is 55.1 Å². The number of benzene rings is 1. The normalized spacial score (nSPS) is 10.9. The molecule has 0 aliphatic rings. The molecule has 118 valence electrons. The Labute approximate surface area is 140 Å². The van der Waals surface area contributed by atoms with Crippen molar-refractivity contribution in [2.24, 2.45) is 5.92 Å². The molecule has 0 spiro atoms. The highest BCUT2D eigenvalue weighted by atomic mass is 35.5. The zero-order chi connectivity index (χ0) is 15.8. The largest absolute Gasteiger partial charge is 0.397 e. The number of hydrogen-bond donors (Lipinski definition) is 2. The highest BCUT2D eigenvalue weighted by molar-refractivity contribution is 7.99. The van der Waals surface area contributed by atoms with Crippen molar-refractivity contribution >= 4 is 52.2 Å². The van der Waals surface area contributed by atoms with Crippen molar-refractivity contribution in [3.05, 3.63) is 22.2 Å². The number of halogens is 2. The van der Waals surface area contributed by atoms with Gasteiger partial charge in [0.15, 0.2) is 0 Å². The van der Waals surface area contributed by atoms with Crippen LogP contribution in [-0.4, -0.2) is 17.4 Å². The van der Waals surface area contributed by atoms with Crippen LogP contribution in [0.25, 0.3) is 0 Å². The van der Waals surface area contributed by atoms with Gasteiger partial charge in [-0.1, -0.05) is 37.0 Å². The summed E-state index contributed by atoms with van der Waals surface area (Å²) < 4.78 is 0. The summed E-state index contributed by atoms with van der Waals surface area (Å²) in [6, 6.07) is 3.14. The molecular formula is C15H22Cl2N2OS. The Balaban J connectivity index is 2.31. The summed E-state index contributed by atoms with van der Waals surface area (Å²) in [5.74, 6) is 2.80. The summed E-state index contributed by atoms with van der Waals surface area (Å²) in [6.07, 6.45) is 2.53. The fraction of sp³-hybridized carbons (Fsp3) is 0.533. The lowest BCUT2D eigenvalue weighted by Crippen LogP contribution is -2.13. The molecule has 0 aliphatic heterocycles. The van der Waals surface area contributed by atoms with Crippen molar-refractivity contribution in [3.8, 4) is 0 Å². The van der Waals surface area contributed by atoms with Gasteiger partial charge in [-0.05, 0) is 42.4 Å². The molecule has 0 atom stereocenters. The van der Waals surface area contributed by atoms with Crippen molar-refractivity contribution in [1.29, 1.82) is 0 Å². The fourth-order valence-corrected chi connectivity index (χ4v) is 3.43. The third kappa shape index (κ3) is 7.30. The average molecular weight is 349 g/mol. The van der Waals surface area contributed by atoms with Gasteiger partial charge in [0.25, 0.3) is 0 Å². The van der Waals surface area contributed by atoms with Crippen LogP contribution in [-0.2, 0) is 4.79 Å². The van der Waals surface area contributed by atoms with E-state index in [2.05, 4.69) is 19.2 Å². The van der Waals surface area contributed by atoms with Gasteiger partial charge >= 0.3 is 0 Å². The van der Waals surface area contributed by atoms with E-state index in [0.29, 0.717) is 27.8 Å². The number of hydrogen-bond acceptors (Lipinski definition) is 3. The third-order valence-corrected chi connectivity index (χ3v) is 4.50. The molecule has 0 bridgehead atoms. The quantitative estimate of drug-likeness (QED) is 0.509. The molecule has 3 N–H and O–H groups in total. The van der Waals surface area contributed by atoms with E-state index in [0.717, 1.165) is 23.8 Å². The number of carbonyl (C=O) groups is 1. The predicted molar refractivity (Wildman–Crippen MR) is 95.5 cm³/mol. The maximum absolute atomic E-state index is 11.9. The molecule has 3 nitrogen and oxygen atoms in total. The molecule has 6 heteroatoms. The Bertz CT molecular complexity index is 458. The summed E-state index contributed by atoms with van der Waals surface area (Å²) in [5.41, 5.74) is 6.63. The Morgan fingerprint density at radius 3 is 2.67 bits per heavy atom. The van der Waals surface area contributed by atoms with Gasteiger partial charge < -0.3 is 11.1 Å². The first-order valence-electron chi connectivity index (χ1n) is 7.02. The monoisotopic (exact) mass is 348 g/mol. The van der Waals surface area contributed by atoms with E-state index in [4.69, 9.17) is 28.9 Å². The molecule has 1 aromatic carbocycles. The van der Waals surface area contributed by atoms with Crippen LogP contribution >= 0.6 is 35.0 Å². The van der Waals surface area contributed by atoms with Gasteiger partial charge in [-0.25, -0.2) is 0 Å². The van der Waals surface area contributed by atoms with Crippen LogP contribution in [0.1, 0.15) is 33.1 Å². The third-order valence-electron chi connectivity index (χ3n) is 2.88. The summed E-state index contributed by atoms with van der Waals surface area (Å²) in [5, 5.41) is 3.57. The van der Waals surface area contributed by atoms with Crippen molar-refractivity contribution in [2.75, 3.05) is 22.6 Å². The summed E-state index contributed by atoms with van der Waals surface area (Å²) >= 11 is 13.8. The SMILES string of the molecule is CC(C)CCSCCCC(=O)Nc1c(N)cc(Cl)cc1Cl. The zero-order valence-electron chi connectivity index (χ0n) is 12.4. The second-order valence-electron chi connectivity index (χ2n) is 5.30. The molecule has 0 saturated heterocycles. The maximum Gasteiger partial charge on any atom is 0.224 e. The molecule has 0 aliphatic carbocycles. The maximum atomic E-state index is 11.9. The van der Waals surface area contributed by atoms with Crippen molar-refractivity contribution < 1.29 is 4.79 Å². The molecule has 0 unspecified atom stereocenters. The van der Waals surface area contributed by atoms with E-state index < -0.39 is 0 Å². The standard InChI is InChI=1S/C15H22Cl2N2OS/c1-10(2)5-7-21-6-3-4-14(20)19-15-12(17)8-11(16)9-13(15)18/h8-10H,3-7,18H2,1-2H3,(H,19,20). The van der Waals surface area contributed by atoms with Crippen LogP contribution in [0.3, 0.4) is 0 Å². The summed E-state index contributed by atoms with van der Waals surface area (Å²) in [6.45, 7) is 4.43. The minimum Gasteiger partial charge on any atom is -0.397 e. The smallest absolute Gasteiger partial charge is 0.224 e. The van der Waals surface area contributed by atoms with Gasteiger partial charge in [-0.2, -0.15) is 11.8 Å². The Kier molecular flexibility index (Phi) is 8.30. The molecule has 1 amide bonds. The lowest BCUT2D eigenvalue weighted by Gasteiger charge is -2.10. The molecule has 21 heavy (non-hydrogen) atoms. The molecule has 0 radical (unpaired) electrons. The first-order chi connectivity index (χ1) is 9.90.